The number of fused-ring (bicyclic) bond motifs is 1. The highest BCUT2D eigenvalue weighted by Gasteiger charge is 2.32. The second-order valence-corrected chi connectivity index (χ2v) is 5.25. The van der Waals surface area contributed by atoms with Crippen LogP contribution in [0.5, 0.6) is 0 Å². The smallest absolute Gasteiger partial charge is 0.246 e. The molecule has 0 bridgehead atoms. The molecule has 3 rings (SSSR count). The molecule has 6 nitrogen and oxygen atoms in total. The van der Waals surface area contributed by atoms with Crippen molar-refractivity contribution in [3.8, 4) is 0 Å². The second kappa shape index (κ2) is 5.55. The minimum atomic E-state index is -0.304. The van der Waals surface area contributed by atoms with E-state index in [1.807, 2.05) is 24.3 Å². The quantitative estimate of drug-likeness (QED) is 0.902. The third kappa shape index (κ3) is 2.61. The van der Waals surface area contributed by atoms with Crippen LogP contribution in [0.15, 0.2) is 28.8 Å². The number of primary amides is 1. The van der Waals surface area contributed by atoms with Gasteiger partial charge in [0.2, 0.25) is 11.8 Å². The maximum Gasteiger partial charge on any atom is 0.246 e. The molecule has 0 saturated carbocycles. The number of aromatic nitrogens is 2. The summed E-state index contributed by atoms with van der Waals surface area (Å²) in [6, 6.07) is 7.80. The third-order valence-corrected chi connectivity index (χ3v) is 3.71. The van der Waals surface area contributed by atoms with Crippen LogP contribution in [0.2, 0.25) is 0 Å². The number of hydrogen-bond acceptors (Lipinski definition) is 5. The summed E-state index contributed by atoms with van der Waals surface area (Å²) in [7, 11) is 0. The van der Waals surface area contributed by atoms with Gasteiger partial charge in [-0.15, -0.1) is 0 Å². The Bertz CT molecular complexity index is 653. The van der Waals surface area contributed by atoms with E-state index in [-0.39, 0.29) is 11.8 Å². The molecule has 2 heterocycles. The van der Waals surface area contributed by atoms with E-state index >= 15 is 0 Å². The predicted octanol–water partition coefficient (Wildman–Crippen LogP) is 1.61. The Kier molecular flexibility index (Phi) is 3.60. The van der Waals surface area contributed by atoms with Crippen molar-refractivity contribution in [1.29, 1.82) is 0 Å². The SMILES string of the molecule is CCCc1noc(CN2C[C@H](C(N)=O)c3ccccc32)n1. The molecule has 1 amide bonds. The number of aryl methyl sites for hydroxylation is 1. The first-order chi connectivity index (χ1) is 10.2. The first-order valence-electron chi connectivity index (χ1n) is 7.13. The zero-order chi connectivity index (χ0) is 14.8. The number of para-hydroxylation sites is 1. The first kappa shape index (κ1) is 13.6. The van der Waals surface area contributed by atoms with Crippen molar-refractivity contribution in [2.24, 2.45) is 5.73 Å². The van der Waals surface area contributed by atoms with Gasteiger partial charge in [0.1, 0.15) is 0 Å². The Hall–Kier alpha value is -2.37. The van der Waals surface area contributed by atoms with Crippen LogP contribution in [0, 0.1) is 0 Å². The summed E-state index contributed by atoms with van der Waals surface area (Å²) in [6.45, 7) is 3.13. The lowest BCUT2D eigenvalue weighted by Crippen LogP contribution is -2.28. The Morgan fingerprint density at radius 3 is 3.05 bits per heavy atom. The number of anilines is 1. The number of amides is 1. The van der Waals surface area contributed by atoms with Gasteiger partial charge in [-0.25, -0.2) is 0 Å². The topological polar surface area (TPSA) is 85.3 Å². The van der Waals surface area contributed by atoms with Crippen LogP contribution in [0.4, 0.5) is 5.69 Å². The number of rotatable bonds is 5. The van der Waals surface area contributed by atoms with Gasteiger partial charge in [0, 0.05) is 18.7 Å². The van der Waals surface area contributed by atoms with Gasteiger partial charge < -0.3 is 15.2 Å². The predicted molar refractivity (Wildman–Crippen MR) is 77.7 cm³/mol. The lowest BCUT2D eigenvalue weighted by Gasteiger charge is -2.16. The van der Waals surface area contributed by atoms with E-state index in [9.17, 15) is 4.79 Å². The molecule has 1 aliphatic rings. The molecule has 1 aromatic carbocycles. The van der Waals surface area contributed by atoms with E-state index in [1.54, 1.807) is 0 Å². The fraction of sp³-hybridized carbons (Fsp3) is 0.400. The van der Waals surface area contributed by atoms with E-state index < -0.39 is 0 Å². The standard InChI is InChI=1S/C15H18N4O2/c1-2-5-13-17-14(21-18-13)9-19-8-11(15(16)20)10-6-3-4-7-12(10)19/h3-4,6-7,11H,2,5,8-9H2,1H3,(H2,16,20)/t11-/m0/s1. The van der Waals surface area contributed by atoms with Crippen molar-refractivity contribution in [1.82, 2.24) is 10.1 Å². The minimum absolute atomic E-state index is 0.278. The highest BCUT2D eigenvalue weighted by atomic mass is 16.5. The zero-order valence-electron chi connectivity index (χ0n) is 12.0. The largest absolute Gasteiger partial charge is 0.369 e. The monoisotopic (exact) mass is 286 g/mol. The van der Waals surface area contributed by atoms with E-state index in [0.29, 0.717) is 19.0 Å². The molecule has 2 aromatic rings. The van der Waals surface area contributed by atoms with Crippen LogP contribution < -0.4 is 10.6 Å². The molecule has 6 heteroatoms. The summed E-state index contributed by atoms with van der Waals surface area (Å²) in [5.74, 6) is 0.714. The van der Waals surface area contributed by atoms with E-state index in [0.717, 1.165) is 29.9 Å². The van der Waals surface area contributed by atoms with Crippen molar-refractivity contribution in [3.05, 3.63) is 41.5 Å². The van der Waals surface area contributed by atoms with Crippen LogP contribution in [-0.4, -0.2) is 22.6 Å². The maximum absolute atomic E-state index is 11.6. The van der Waals surface area contributed by atoms with E-state index in [4.69, 9.17) is 10.3 Å². The summed E-state index contributed by atoms with van der Waals surface area (Å²) >= 11 is 0. The van der Waals surface area contributed by atoms with Gasteiger partial charge >= 0.3 is 0 Å². The van der Waals surface area contributed by atoms with Gasteiger partial charge in [0.05, 0.1) is 12.5 Å². The molecular weight excluding hydrogens is 268 g/mol. The molecule has 0 fully saturated rings. The molecule has 21 heavy (non-hydrogen) atoms. The average molecular weight is 286 g/mol. The minimum Gasteiger partial charge on any atom is -0.369 e. The van der Waals surface area contributed by atoms with Crippen molar-refractivity contribution in [3.63, 3.8) is 0 Å². The molecule has 1 atom stereocenters. The lowest BCUT2D eigenvalue weighted by atomic mass is 10.0. The van der Waals surface area contributed by atoms with Crippen molar-refractivity contribution < 1.29 is 9.32 Å². The van der Waals surface area contributed by atoms with Crippen molar-refractivity contribution in [2.45, 2.75) is 32.2 Å². The molecular formula is C15H18N4O2. The Balaban J connectivity index is 1.81. The van der Waals surface area contributed by atoms with Crippen LogP contribution in [-0.2, 0) is 17.8 Å². The summed E-state index contributed by atoms with van der Waals surface area (Å²) in [5.41, 5.74) is 7.48. The Labute approximate surface area is 122 Å². The zero-order valence-corrected chi connectivity index (χ0v) is 12.0. The van der Waals surface area contributed by atoms with E-state index in [2.05, 4.69) is 22.0 Å². The van der Waals surface area contributed by atoms with Gasteiger partial charge in [-0.05, 0) is 18.1 Å². The van der Waals surface area contributed by atoms with Crippen LogP contribution in [0.25, 0.3) is 0 Å². The number of hydrogen-bond donors (Lipinski definition) is 1. The molecule has 110 valence electrons. The number of nitrogens with two attached hydrogens (primary N) is 1. The molecule has 0 radical (unpaired) electrons. The summed E-state index contributed by atoms with van der Waals surface area (Å²) in [5, 5.41) is 3.95. The first-order valence-corrected chi connectivity index (χ1v) is 7.13. The Morgan fingerprint density at radius 1 is 1.48 bits per heavy atom. The normalized spacial score (nSPS) is 17.0. The summed E-state index contributed by atoms with van der Waals surface area (Å²) in [6.07, 6.45) is 1.79. The van der Waals surface area contributed by atoms with Crippen LogP contribution in [0.1, 0.15) is 36.5 Å². The molecule has 0 aliphatic carbocycles. The van der Waals surface area contributed by atoms with Gasteiger partial charge in [-0.1, -0.05) is 30.3 Å². The number of carbonyl (C=O) groups excluding carboxylic acids is 1. The van der Waals surface area contributed by atoms with Gasteiger partial charge in [-0.3, -0.25) is 4.79 Å². The highest BCUT2D eigenvalue weighted by Crippen LogP contribution is 2.36. The fourth-order valence-corrected chi connectivity index (χ4v) is 2.72. The fourth-order valence-electron chi connectivity index (χ4n) is 2.72. The molecule has 0 spiro atoms. The van der Waals surface area contributed by atoms with Gasteiger partial charge in [0.15, 0.2) is 5.82 Å². The van der Waals surface area contributed by atoms with Crippen molar-refractivity contribution in [2.75, 3.05) is 11.4 Å². The van der Waals surface area contributed by atoms with Gasteiger partial charge in [-0.2, -0.15) is 4.98 Å². The number of benzene rings is 1. The second-order valence-electron chi connectivity index (χ2n) is 5.25. The molecule has 0 saturated heterocycles. The average Bonchev–Trinajstić information content (AvgIpc) is 3.05. The molecule has 2 N–H and O–H groups in total. The highest BCUT2D eigenvalue weighted by molar-refractivity contribution is 5.87. The maximum atomic E-state index is 11.6. The van der Waals surface area contributed by atoms with E-state index in [1.165, 1.54) is 0 Å². The molecule has 1 aliphatic heterocycles. The van der Waals surface area contributed by atoms with Crippen LogP contribution in [0.3, 0.4) is 0 Å². The van der Waals surface area contributed by atoms with Gasteiger partial charge in [0.25, 0.3) is 0 Å². The lowest BCUT2D eigenvalue weighted by molar-refractivity contribution is -0.119. The molecule has 1 aromatic heterocycles. The van der Waals surface area contributed by atoms with Crippen LogP contribution >= 0.6 is 0 Å². The number of carbonyl (C=O) groups is 1. The summed E-state index contributed by atoms with van der Waals surface area (Å²) in [4.78, 5) is 18.0. The number of nitrogens with zero attached hydrogens (tertiary/aromatic N) is 3. The Morgan fingerprint density at radius 2 is 2.29 bits per heavy atom. The third-order valence-electron chi connectivity index (χ3n) is 3.71. The van der Waals surface area contributed by atoms with Crippen molar-refractivity contribution >= 4 is 11.6 Å². The summed E-state index contributed by atoms with van der Waals surface area (Å²) < 4.78 is 5.27. The molecule has 0 unspecified atom stereocenters.